The van der Waals surface area contributed by atoms with Crippen LogP contribution in [-0.4, -0.2) is 14.3 Å². The third-order valence-electron chi connectivity index (χ3n) is 4.47. The Balaban J connectivity index is 1.89. The zero-order valence-electron chi connectivity index (χ0n) is 16.3. The number of hydrogen-bond donors (Lipinski definition) is 2. The van der Waals surface area contributed by atoms with Crippen LogP contribution in [0.15, 0.2) is 65.6 Å². The minimum atomic E-state index is -3.86. The normalized spacial score (nSPS) is 11.2. The van der Waals surface area contributed by atoms with Gasteiger partial charge in [0, 0.05) is 16.3 Å². The maximum Gasteiger partial charge on any atom is 0.262 e. The van der Waals surface area contributed by atoms with Crippen molar-refractivity contribution in [2.24, 2.45) is 0 Å². The number of carbonyl (C=O) groups is 1. The Labute approximate surface area is 175 Å². The number of amides is 1. The quantitative estimate of drug-likeness (QED) is 0.577. The topological polar surface area (TPSA) is 75.3 Å². The van der Waals surface area contributed by atoms with Gasteiger partial charge in [-0.2, -0.15) is 0 Å². The Morgan fingerprint density at radius 3 is 2.21 bits per heavy atom. The molecule has 0 spiro atoms. The lowest BCUT2D eigenvalue weighted by molar-refractivity contribution is 0.102. The molecule has 0 saturated heterocycles. The molecule has 0 aliphatic carbocycles. The molecule has 0 aliphatic heterocycles. The molecule has 3 aromatic rings. The zero-order chi connectivity index (χ0) is 21.2. The molecular weight excluding hydrogens is 408 g/mol. The van der Waals surface area contributed by atoms with Crippen molar-refractivity contribution in [1.29, 1.82) is 0 Å². The maximum atomic E-state index is 13.0. The lowest BCUT2D eigenvalue weighted by atomic mass is 10.1. The standard InChI is InChI=1S/C22H21ClN2O3S/c1-14-4-11-20(16(3)12-14)25-29(27,28)21-13-17(6-5-15(21)2)22(26)24-19-9-7-18(23)8-10-19/h4-13,25H,1-3H3,(H,24,26). The first-order valence-corrected chi connectivity index (χ1v) is 10.8. The number of rotatable bonds is 5. The summed E-state index contributed by atoms with van der Waals surface area (Å²) in [4.78, 5) is 12.6. The van der Waals surface area contributed by atoms with Crippen molar-refractivity contribution < 1.29 is 13.2 Å². The fourth-order valence-corrected chi connectivity index (χ4v) is 4.42. The molecule has 3 aromatic carbocycles. The van der Waals surface area contributed by atoms with Crippen LogP contribution in [0.3, 0.4) is 0 Å². The summed E-state index contributed by atoms with van der Waals surface area (Å²) >= 11 is 5.85. The van der Waals surface area contributed by atoms with Crippen LogP contribution in [0.5, 0.6) is 0 Å². The molecule has 0 aromatic heterocycles. The minimum absolute atomic E-state index is 0.0567. The van der Waals surface area contributed by atoms with E-state index in [9.17, 15) is 13.2 Å². The van der Waals surface area contributed by atoms with Crippen molar-refractivity contribution >= 4 is 38.9 Å². The van der Waals surface area contributed by atoms with Gasteiger partial charge >= 0.3 is 0 Å². The van der Waals surface area contributed by atoms with Crippen LogP contribution in [0.25, 0.3) is 0 Å². The fourth-order valence-electron chi connectivity index (χ4n) is 2.90. The number of anilines is 2. The predicted octanol–water partition coefficient (Wildman–Crippen LogP) is 5.32. The summed E-state index contributed by atoms with van der Waals surface area (Å²) in [5, 5.41) is 3.30. The largest absolute Gasteiger partial charge is 0.322 e. The molecule has 0 heterocycles. The van der Waals surface area contributed by atoms with Crippen LogP contribution < -0.4 is 10.0 Å². The number of halogens is 1. The first kappa shape index (κ1) is 20.9. The fraction of sp³-hybridized carbons (Fsp3) is 0.136. The molecule has 1 amide bonds. The van der Waals surface area contributed by atoms with E-state index in [4.69, 9.17) is 11.6 Å². The van der Waals surface area contributed by atoms with Crippen LogP contribution in [0.2, 0.25) is 5.02 Å². The molecule has 150 valence electrons. The van der Waals surface area contributed by atoms with Gasteiger partial charge in [0.15, 0.2) is 0 Å². The van der Waals surface area contributed by atoms with Gasteiger partial charge in [0.25, 0.3) is 15.9 Å². The summed E-state index contributed by atoms with van der Waals surface area (Å²) in [7, 11) is -3.86. The maximum absolute atomic E-state index is 13.0. The average molecular weight is 429 g/mol. The van der Waals surface area contributed by atoms with Crippen molar-refractivity contribution in [2.75, 3.05) is 10.0 Å². The van der Waals surface area contributed by atoms with Gasteiger partial charge in [-0.3, -0.25) is 9.52 Å². The average Bonchev–Trinajstić information content (AvgIpc) is 2.66. The van der Waals surface area contributed by atoms with Gasteiger partial charge in [-0.25, -0.2) is 8.42 Å². The minimum Gasteiger partial charge on any atom is -0.322 e. The number of sulfonamides is 1. The molecule has 29 heavy (non-hydrogen) atoms. The molecule has 7 heteroatoms. The molecule has 0 unspecified atom stereocenters. The van der Waals surface area contributed by atoms with E-state index in [1.54, 1.807) is 49.4 Å². The van der Waals surface area contributed by atoms with Crippen molar-refractivity contribution in [3.05, 3.63) is 87.9 Å². The van der Waals surface area contributed by atoms with Crippen molar-refractivity contribution in [3.8, 4) is 0 Å². The highest BCUT2D eigenvalue weighted by atomic mass is 35.5. The molecule has 3 rings (SSSR count). The Morgan fingerprint density at radius 1 is 0.862 bits per heavy atom. The molecule has 0 fully saturated rings. The molecule has 0 atom stereocenters. The van der Waals surface area contributed by atoms with E-state index in [0.717, 1.165) is 11.1 Å². The SMILES string of the molecule is Cc1ccc(NS(=O)(=O)c2cc(C(=O)Nc3ccc(Cl)cc3)ccc2C)c(C)c1. The van der Waals surface area contributed by atoms with Gasteiger partial charge in [-0.1, -0.05) is 35.4 Å². The number of carbonyl (C=O) groups excluding carboxylic acids is 1. The zero-order valence-corrected chi connectivity index (χ0v) is 17.9. The van der Waals surface area contributed by atoms with Gasteiger partial charge in [0.05, 0.1) is 10.6 Å². The van der Waals surface area contributed by atoms with E-state index >= 15 is 0 Å². The van der Waals surface area contributed by atoms with E-state index in [-0.39, 0.29) is 10.5 Å². The number of aryl methyl sites for hydroxylation is 3. The molecular formula is C22H21ClN2O3S. The van der Waals surface area contributed by atoms with E-state index in [2.05, 4.69) is 10.0 Å². The van der Waals surface area contributed by atoms with Gasteiger partial charge in [-0.05, 0) is 74.4 Å². The molecule has 0 radical (unpaired) electrons. The summed E-state index contributed by atoms with van der Waals surface area (Å²) in [5.41, 5.74) is 3.73. The highest BCUT2D eigenvalue weighted by Gasteiger charge is 2.20. The lowest BCUT2D eigenvalue weighted by Crippen LogP contribution is -2.17. The van der Waals surface area contributed by atoms with Crippen molar-refractivity contribution in [3.63, 3.8) is 0 Å². The van der Waals surface area contributed by atoms with Gasteiger partial charge < -0.3 is 5.32 Å². The summed E-state index contributed by atoms with van der Waals surface area (Å²) in [6.07, 6.45) is 0. The Morgan fingerprint density at radius 2 is 1.55 bits per heavy atom. The van der Waals surface area contributed by atoms with Gasteiger partial charge in [0.1, 0.15) is 0 Å². The molecule has 0 bridgehead atoms. The Bertz CT molecular complexity index is 1170. The van der Waals surface area contributed by atoms with Crippen LogP contribution in [0.1, 0.15) is 27.0 Å². The third kappa shape index (κ3) is 4.96. The van der Waals surface area contributed by atoms with E-state index in [1.807, 2.05) is 26.0 Å². The van der Waals surface area contributed by atoms with Crippen molar-refractivity contribution in [2.45, 2.75) is 25.7 Å². The second-order valence-electron chi connectivity index (χ2n) is 6.87. The van der Waals surface area contributed by atoms with E-state index < -0.39 is 15.9 Å². The van der Waals surface area contributed by atoms with Crippen LogP contribution >= 0.6 is 11.6 Å². The van der Waals surface area contributed by atoms with Gasteiger partial charge in [0.2, 0.25) is 0 Å². The van der Waals surface area contributed by atoms with Gasteiger partial charge in [-0.15, -0.1) is 0 Å². The molecule has 2 N–H and O–H groups in total. The third-order valence-corrected chi connectivity index (χ3v) is 6.23. The van der Waals surface area contributed by atoms with Crippen LogP contribution in [0, 0.1) is 20.8 Å². The molecule has 0 saturated carbocycles. The second-order valence-corrected chi connectivity index (χ2v) is 8.95. The summed E-state index contributed by atoms with van der Waals surface area (Å²) in [6.45, 7) is 5.48. The number of benzene rings is 3. The first-order chi connectivity index (χ1) is 13.7. The van der Waals surface area contributed by atoms with Crippen molar-refractivity contribution in [1.82, 2.24) is 0 Å². The monoisotopic (exact) mass is 428 g/mol. The number of nitrogens with one attached hydrogen (secondary N) is 2. The highest BCUT2D eigenvalue weighted by Crippen LogP contribution is 2.24. The lowest BCUT2D eigenvalue weighted by Gasteiger charge is -2.14. The smallest absolute Gasteiger partial charge is 0.262 e. The molecule has 0 aliphatic rings. The van der Waals surface area contributed by atoms with E-state index in [0.29, 0.717) is 22.0 Å². The summed E-state index contributed by atoms with van der Waals surface area (Å²) < 4.78 is 28.6. The molecule has 5 nitrogen and oxygen atoms in total. The summed E-state index contributed by atoms with van der Waals surface area (Å²) in [6, 6.07) is 16.7. The number of hydrogen-bond acceptors (Lipinski definition) is 3. The predicted molar refractivity (Wildman–Crippen MR) is 117 cm³/mol. The van der Waals surface area contributed by atoms with Crippen LogP contribution in [0.4, 0.5) is 11.4 Å². The Kier molecular flexibility index (Phi) is 5.96. The highest BCUT2D eigenvalue weighted by molar-refractivity contribution is 7.92. The Hall–Kier alpha value is -2.83. The van der Waals surface area contributed by atoms with Crippen LogP contribution in [-0.2, 0) is 10.0 Å². The summed E-state index contributed by atoms with van der Waals surface area (Å²) in [5.74, 6) is -0.407. The van der Waals surface area contributed by atoms with E-state index in [1.165, 1.54) is 6.07 Å². The first-order valence-electron chi connectivity index (χ1n) is 8.93. The second kappa shape index (κ2) is 8.27.